The van der Waals surface area contributed by atoms with E-state index in [1.165, 1.54) is 12.1 Å². The molecular formula is C17H26FN3OS. The van der Waals surface area contributed by atoms with Crippen molar-refractivity contribution in [1.82, 2.24) is 15.1 Å². The molecule has 1 fully saturated rings. The van der Waals surface area contributed by atoms with E-state index in [9.17, 15) is 9.18 Å². The molecule has 1 aliphatic rings. The third-order valence-electron chi connectivity index (χ3n) is 3.95. The second-order valence-corrected chi connectivity index (χ2v) is 7.29. The molecule has 1 aliphatic heterocycles. The van der Waals surface area contributed by atoms with Crippen molar-refractivity contribution in [3.8, 4) is 0 Å². The second-order valence-electron chi connectivity index (χ2n) is 6.12. The average molecular weight is 339 g/mol. The van der Waals surface area contributed by atoms with Crippen LogP contribution < -0.4 is 5.32 Å². The van der Waals surface area contributed by atoms with Crippen molar-refractivity contribution in [2.45, 2.75) is 24.3 Å². The van der Waals surface area contributed by atoms with Gasteiger partial charge in [0.15, 0.2) is 0 Å². The van der Waals surface area contributed by atoms with Crippen LogP contribution >= 0.6 is 11.8 Å². The number of likely N-dealkylation sites (N-methyl/N-ethyl adjacent to an activating group) is 1. The van der Waals surface area contributed by atoms with E-state index in [4.69, 9.17) is 0 Å². The van der Waals surface area contributed by atoms with Crippen LogP contribution in [0, 0.1) is 5.82 Å². The molecule has 0 aliphatic carbocycles. The number of amides is 1. The maximum Gasteiger partial charge on any atom is 0.221 e. The van der Waals surface area contributed by atoms with Crippen molar-refractivity contribution < 1.29 is 9.18 Å². The van der Waals surface area contributed by atoms with Gasteiger partial charge in [-0.25, -0.2) is 4.39 Å². The van der Waals surface area contributed by atoms with Crippen molar-refractivity contribution in [2.75, 3.05) is 45.5 Å². The van der Waals surface area contributed by atoms with Crippen LogP contribution in [0.3, 0.4) is 0 Å². The Morgan fingerprint density at radius 1 is 1.26 bits per heavy atom. The second kappa shape index (κ2) is 9.25. The van der Waals surface area contributed by atoms with Crippen LogP contribution in [0.25, 0.3) is 0 Å². The Bertz CT molecular complexity index is 489. The summed E-state index contributed by atoms with van der Waals surface area (Å²) in [5.41, 5.74) is 0. The third kappa shape index (κ3) is 6.89. The molecule has 1 N–H and O–H groups in total. The number of carbonyl (C=O) groups excluding carboxylic acids is 1. The largest absolute Gasteiger partial charge is 0.352 e. The van der Waals surface area contributed by atoms with Crippen molar-refractivity contribution in [3.63, 3.8) is 0 Å². The average Bonchev–Trinajstić information content (AvgIpc) is 2.51. The molecule has 6 heteroatoms. The molecule has 0 saturated carbocycles. The summed E-state index contributed by atoms with van der Waals surface area (Å²) in [6, 6.07) is 6.55. The minimum Gasteiger partial charge on any atom is -0.352 e. The summed E-state index contributed by atoms with van der Waals surface area (Å²) >= 11 is 1.58. The predicted molar refractivity (Wildman–Crippen MR) is 93.3 cm³/mol. The zero-order chi connectivity index (χ0) is 16.7. The predicted octanol–water partition coefficient (Wildman–Crippen LogP) is 2.06. The van der Waals surface area contributed by atoms with Crippen LogP contribution in [-0.4, -0.2) is 67.3 Å². The van der Waals surface area contributed by atoms with E-state index in [1.54, 1.807) is 23.9 Å². The number of halogens is 1. The molecule has 4 nitrogen and oxygen atoms in total. The smallest absolute Gasteiger partial charge is 0.221 e. The van der Waals surface area contributed by atoms with Gasteiger partial charge in [0.2, 0.25) is 5.91 Å². The van der Waals surface area contributed by atoms with Crippen LogP contribution in [0.1, 0.15) is 13.3 Å². The number of thioether (sulfide) groups is 1. The van der Waals surface area contributed by atoms with E-state index in [1.807, 2.05) is 0 Å². The summed E-state index contributed by atoms with van der Waals surface area (Å²) in [6.07, 6.45) is 0.481. The first-order valence-corrected chi connectivity index (χ1v) is 9.10. The molecule has 1 aromatic rings. The van der Waals surface area contributed by atoms with Gasteiger partial charge in [-0.05, 0) is 38.2 Å². The minimum atomic E-state index is -0.232. The summed E-state index contributed by atoms with van der Waals surface area (Å²) < 4.78 is 12.8. The summed E-state index contributed by atoms with van der Waals surface area (Å²) in [4.78, 5) is 17.7. The highest BCUT2D eigenvalue weighted by Gasteiger charge is 2.16. The Balaban J connectivity index is 1.61. The van der Waals surface area contributed by atoms with Gasteiger partial charge in [0.1, 0.15) is 5.82 Å². The first kappa shape index (κ1) is 18.2. The van der Waals surface area contributed by atoms with Gasteiger partial charge in [-0.15, -0.1) is 11.8 Å². The highest BCUT2D eigenvalue weighted by atomic mass is 32.2. The van der Waals surface area contributed by atoms with Gasteiger partial charge < -0.3 is 10.2 Å². The molecule has 1 amide bonds. The van der Waals surface area contributed by atoms with E-state index >= 15 is 0 Å². The zero-order valence-corrected chi connectivity index (χ0v) is 14.7. The monoisotopic (exact) mass is 339 g/mol. The lowest BCUT2D eigenvalue weighted by atomic mass is 10.2. The summed E-state index contributed by atoms with van der Waals surface area (Å²) in [5.74, 6) is 0.560. The van der Waals surface area contributed by atoms with Gasteiger partial charge in [-0.3, -0.25) is 9.69 Å². The fourth-order valence-corrected chi connectivity index (χ4v) is 3.45. The number of rotatable bonds is 7. The van der Waals surface area contributed by atoms with E-state index in [-0.39, 0.29) is 17.8 Å². The number of nitrogens with one attached hydrogen (secondary N) is 1. The van der Waals surface area contributed by atoms with E-state index in [2.05, 4.69) is 29.1 Å². The molecule has 1 aromatic carbocycles. The number of hydrogen-bond acceptors (Lipinski definition) is 4. The van der Waals surface area contributed by atoms with Gasteiger partial charge in [0.05, 0.1) is 0 Å². The van der Waals surface area contributed by atoms with E-state index in [0.717, 1.165) is 37.6 Å². The topological polar surface area (TPSA) is 35.6 Å². The first-order valence-electron chi connectivity index (χ1n) is 8.11. The molecule has 1 atom stereocenters. The Hall–Kier alpha value is -1.11. The molecule has 0 radical (unpaired) electrons. The number of carbonyl (C=O) groups is 1. The van der Waals surface area contributed by atoms with Crippen molar-refractivity contribution in [1.29, 1.82) is 0 Å². The Morgan fingerprint density at radius 2 is 1.91 bits per heavy atom. The first-order chi connectivity index (χ1) is 11.0. The standard InChI is InChI=1S/C17H26FN3OS/c1-14(13-21-10-8-20(2)9-11-21)19-17(22)7-12-23-16-5-3-15(18)4-6-16/h3-6,14H,7-13H2,1-2H3,(H,19,22). The molecule has 128 valence electrons. The minimum absolute atomic E-state index is 0.0845. The molecule has 1 heterocycles. The Kier molecular flexibility index (Phi) is 7.33. The van der Waals surface area contributed by atoms with Gasteiger partial charge >= 0.3 is 0 Å². The van der Waals surface area contributed by atoms with E-state index in [0.29, 0.717) is 12.2 Å². The summed E-state index contributed by atoms with van der Waals surface area (Å²) in [7, 11) is 2.14. The zero-order valence-electron chi connectivity index (χ0n) is 13.9. The van der Waals surface area contributed by atoms with Crippen LogP contribution in [0.5, 0.6) is 0 Å². The molecule has 0 bridgehead atoms. The van der Waals surface area contributed by atoms with Crippen LogP contribution in [0.2, 0.25) is 0 Å². The van der Waals surface area contributed by atoms with Crippen LogP contribution in [0.4, 0.5) is 4.39 Å². The van der Waals surface area contributed by atoms with Gasteiger partial charge in [-0.2, -0.15) is 0 Å². The lowest BCUT2D eigenvalue weighted by Crippen LogP contribution is -2.49. The maximum absolute atomic E-state index is 12.8. The van der Waals surface area contributed by atoms with Gasteiger partial charge in [-0.1, -0.05) is 0 Å². The fraction of sp³-hybridized carbons (Fsp3) is 0.588. The lowest BCUT2D eigenvalue weighted by molar-refractivity contribution is -0.121. The number of benzene rings is 1. The van der Waals surface area contributed by atoms with Gasteiger partial charge in [0.25, 0.3) is 0 Å². The van der Waals surface area contributed by atoms with Crippen LogP contribution in [-0.2, 0) is 4.79 Å². The number of piperazine rings is 1. The van der Waals surface area contributed by atoms with Crippen molar-refractivity contribution in [3.05, 3.63) is 30.1 Å². The van der Waals surface area contributed by atoms with Crippen LogP contribution in [0.15, 0.2) is 29.2 Å². The molecule has 0 aromatic heterocycles. The molecule has 1 saturated heterocycles. The SMILES string of the molecule is CC(CN1CCN(C)CC1)NC(=O)CCSc1ccc(F)cc1. The molecule has 0 spiro atoms. The number of hydrogen-bond donors (Lipinski definition) is 1. The molecular weight excluding hydrogens is 313 g/mol. The van der Waals surface area contributed by atoms with E-state index < -0.39 is 0 Å². The van der Waals surface area contributed by atoms with Crippen molar-refractivity contribution >= 4 is 17.7 Å². The maximum atomic E-state index is 12.8. The molecule has 2 rings (SSSR count). The highest BCUT2D eigenvalue weighted by Crippen LogP contribution is 2.18. The summed E-state index contributed by atoms with van der Waals surface area (Å²) in [5, 5.41) is 3.07. The molecule has 23 heavy (non-hydrogen) atoms. The quantitative estimate of drug-likeness (QED) is 0.772. The molecule has 1 unspecified atom stereocenters. The Morgan fingerprint density at radius 3 is 2.57 bits per heavy atom. The normalized spacial score (nSPS) is 17.9. The number of nitrogens with zero attached hydrogens (tertiary/aromatic N) is 2. The van der Waals surface area contributed by atoms with Gasteiger partial charge in [0, 0.05) is 55.8 Å². The highest BCUT2D eigenvalue weighted by molar-refractivity contribution is 7.99. The fourth-order valence-electron chi connectivity index (χ4n) is 2.60. The van der Waals surface area contributed by atoms with Crippen molar-refractivity contribution in [2.24, 2.45) is 0 Å². The Labute approximate surface area is 142 Å². The summed E-state index contributed by atoms with van der Waals surface area (Å²) in [6.45, 7) is 7.28. The lowest BCUT2D eigenvalue weighted by Gasteiger charge is -2.34. The third-order valence-corrected chi connectivity index (χ3v) is 4.96.